The number of amides is 1. The van der Waals surface area contributed by atoms with E-state index in [-0.39, 0.29) is 11.5 Å². The van der Waals surface area contributed by atoms with Crippen LogP contribution in [0.3, 0.4) is 0 Å². The quantitative estimate of drug-likeness (QED) is 0.927. The molecule has 106 valence electrons. The van der Waals surface area contributed by atoms with Gasteiger partial charge in [-0.15, -0.1) is 0 Å². The number of hydrogen-bond donors (Lipinski definition) is 1. The maximum atomic E-state index is 13.2. The molecule has 1 N–H and O–H groups in total. The van der Waals surface area contributed by atoms with Gasteiger partial charge in [-0.2, -0.15) is 4.98 Å². The molecule has 1 aromatic carbocycles. The van der Waals surface area contributed by atoms with Crippen LogP contribution in [0.15, 0.2) is 33.6 Å². The molecule has 0 saturated carbocycles. The highest BCUT2D eigenvalue weighted by molar-refractivity contribution is 9.10. The summed E-state index contributed by atoms with van der Waals surface area (Å²) in [4.78, 5) is 16.2. The van der Waals surface area contributed by atoms with Gasteiger partial charge in [-0.05, 0) is 40.0 Å². The van der Waals surface area contributed by atoms with Gasteiger partial charge in [-0.25, -0.2) is 4.39 Å². The van der Waals surface area contributed by atoms with Crippen LogP contribution < -0.4 is 5.32 Å². The molecule has 0 fully saturated rings. The van der Waals surface area contributed by atoms with Crippen molar-refractivity contribution in [3.8, 4) is 0 Å². The van der Waals surface area contributed by atoms with Gasteiger partial charge in [0.05, 0.1) is 11.6 Å². The number of halogens is 2. The average molecular weight is 342 g/mol. The molecule has 1 amide bonds. The molecule has 0 aliphatic rings. The van der Waals surface area contributed by atoms with Gasteiger partial charge in [-0.1, -0.05) is 19.0 Å². The van der Waals surface area contributed by atoms with Crippen LogP contribution in [0.4, 0.5) is 4.39 Å². The molecule has 0 spiro atoms. The van der Waals surface area contributed by atoms with Crippen LogP contribution in [0, 0.1) is 11.7 Å². The van der Waals surface area contributed by atoms with Crippen LogP contribution in [0.25, 0.3) is 0 Å². The Bertz CT molecular complexity index is 602. The molecule has 1 heterocycles. The highest BCUT2D eigenvalue weighted by Gasteiger charge is 2.24. The molecule has 0 aliphatic carbocycles. The summed E-state index contributed by atoms with van der Waals surface area (Å²) in [5, 5.41) is 6.52. The van der Waals surface area contributed by atoms with Gasteiger partial charge in [0.2, 0.25) is 6.39 Å². The minimum Gasteiger partial charge on any atom is -0.343 e. The fourth-order valence-electron chi connectivity index (χ4n) is 1.74. The highest BCUT2D eigenvalue weighted by atomic mass is 79.9. The van der Waals surface area contributed by atoms with Gasteiger partial charge >= 0.3 is 0 Å². The first-order valence-corrected chi connectivity index (χ1v) is 6.80. The Balaban J connectivity index is 2.23. The highest BCUT2D eigenvalue weighted by Crippen LogP contribution is 2.22. The molecule has 2 rings (SSSR count). The Morgan fingerprint density at radius 1 is 1.45 bits per heavy atom. The van der Waals surface area contributed by atoms with E-state index in [1.807, 2.05) is 13.8 Å². The smallest absolute Gasteiger partial charge is 0.253 e. The zero-order valence-electron chi connectivity index (χ0n) is 10.9. The van der Waals surface area contributed by atoms with Crippen molar-refractivity contribution in [3.05, 3.63) is 46.3 Å². The molecule has 0 aliphatic heterocycles. The Morgan fingerprint density at radius 3 is 2.80 bits per heavy atom. The van der Waals surface area contributed by atoms with Crippen molar-refractivity contribution in [1.82, 2.24) is 15.5 Å². The molecular weight excluding hydrogens is 329 g/mol. The molecule has 1 atom stereocenters. The first-order valence-electron chi connectivity index (χ1n) is 6.01. The fourth-order valence-corrected chi connectivity index (χ4v) is 2.16. The summed E-state index contributed by atoms with van der Waals surface area (Å²) in [6.07, 6.45) is 1.20. The van der Waals surface area contributed by atoms with E-state index in [4.69, 9.17) is 4.52 Å². The van der Waals surface area contributed by atoms with Gasteiger partial charge in [0, 0.05) is 4.47 Å². The van der Waals surface area contributed by atoms with Gasteiger partial charge in [0.15, 0.2) is 5.82 Å². The third kappa shape index (κ3) is 3.22. The average Bonchev–Trinajstić information content (AvgIpc) is 2.91. The molecule has 20 heavy (non-hydrogen) atoms. The molecule has 1 aromatic heterocycles. The van der Waals surface area contributed by atoms with Crippen molar-refractivity contribution in [2.24, 2.45) is 5.92 Å². The molecule has 0 radical (unpaired) electrons. The number of carbonyl (C=O) groups excluding carboxylic acids is 1. The van der Waals surface area contributed by atoms with E-state index in [9.17, 15) is 9.18 Å². The number of carbonyl (C=O) groups is 1. The van der Waals surface area contributed by atoms with Crippen molar-refractivity contribution >= 4 is 21.8 Å². The zero-order valence-corrected chi connectivity index (χ0v) is 12.5. The minimum absolute atomic E-state index is 0.0592. The van der Waals surface area contributed by atoms with Gasteiger partial charge < -0.3 is 9.84 Å². The monoisotopic (exact) mass is 341 g/mol. The Hall–Kier alpha value is -1.76. The van der Waals surface area contributed by atoms with E-state index in [0.717, 1.165) is 0 Å². The number of nitrogens with one attached hydrogen (secondary N) is 1. The van der Waals surface area contributed by atoms with E-state index < -0.39 is 17.8 Å². The number of rotatable bonds is 4. The zero-order chi connectivity index (χ0) is 14.7. The number of aromatic nitrogens is 2. The lowest BCUT2D eigenvalue weighted by Gasteiger charge is -2.19. The lowest BCUT2D eigenvalue weighted by Crippen LogP contribution is -2.32. The molecule has 0 bridgehead atoms. The first-order chi connectivity index (χ1) is 9.49. The van der Waals surface area contributed by atoms with Crippen molar-refractivity contribution in [1.29, 1.82) is 0 Å². The van der Waals surface area contributed by atoms with E-state index in [1.165, 1.54) is 24.6 Å². The Labute approximate surface area is 123 Å². The Kier molecular flexibility index (Phi) is 4.49. The standard InChI is InChI=1S/C13H13BrFN3O2/c1-7(2)11(12-16-6-20-18-12)17-13(19)9-5-8(15)3-4-10(9)14/h3-7,11H,1-2H3,(H,17,19). The van der Waals surface area contributed by atoms with Crippen LogP contribution in [0.1, 0.15) is 36.1 Å². The van der Waals surface area contributed by atoms with Crippen molar-refractivity contribution < 1.29 is 13.7 Å². The topological polar surface area (TPSA) is 68.0 Å². The third-order valence-electron chi connectivity index (χ3n) is 2.78. The molecule has 7 heteroatoms. The van der Waals surface area contributed by atoms with Crippen LogP contribution in [-0.2, 0) is 0 Å². The van der Waals surface area contributed by atoms with E-state index >= 15 is 0 Å². The molecular formula is C13H13BrFN3O2. The van der Waals surface area contributed by atoms with Crippen LogP contribution >= 0.6 is 15.9 Å². The summed E-state index contributed by atoms with van der Waals surface area (Å²) in [5.74, 6) is -0.427. The van der Waals surface area contributed by atoms with Gasteiger partial charge in [0.1, 0.15) is 5.82 Å². The largest absolute Gasteiger partial charge is 0.343 e. The summed E-state index contributed by atoms with van der Waals surface area (Å²) in [6.45, 7) is 3.84. The predicted molar refractivity (Wildman–Crippen MR) is 73.4 cm³/mol. The van der Waals surface area contributed by atoms with E-state index in [2.05, 4.69) is 31.4 Å². The lowest BCUT2D eigenvalue weighted by molar-refractivity contribution is 0.0921. The lowest BCUT2D eigenvalue weighted by atomic mass is 10.0. The summed E-state index contributed by atoms with van der Waals surface area (Å²) in [6, 6.07) is 3.53. The number of benzene rings is 1. The van der Waals surface area contributed by atoms with E-state index in [0.29, 0.717) is 10.3 Å². The maximum absolute atomic E-state index is 13.2. The summed E-state index contributed by atoms with van der Waals surface area (Å²) in [7, 11) is 0. The molecule has 2 aromatic rings. The molecule has 5 nitrogen and oxygen atoms in total. The number of nitrogens with zero attached hydrogens (tertiary/aromatic N) is 2. The van der Waals surface area contributed by atoms with Crippen LogP contribution in [0.5, 0.6) is 0 Å². The Morgan fingerprint density at radius 2 is 2.20 bits per heavy atom. The van der Waals surface area contributed by atoms with E-state index in [1.54, 1.807) is 0 Å². The fraction of sp³-hybridized carbons (Fsp3) is 0.308. The normalized spacial score (nSPS) is 12.4. The summed E-state index contributed by atoms with van der Waals surface area (Å²) in [5.41, 5.74) is 0.221. The second-order valence-corrected chi connectivity index (χ2v) is 5.46. The summed E-state index contributed by atoms with van der Waals surface area (Å²) >= 11 is 3.23. The van der Waals surface area contributed by atoms with Gasteiger partial charge in [-0.3, -0.25) is 4.79 Å². The van der Waals surface area contributed by atoms with Crippen molar-refractivity contribution in [2.75, 3.05) is 0 Å². The van der Waals surface area contributed by atoms with Crippen molar-refractivity contribution in [2.45, 2.75) is 19.9 Å². The van der Waals surface area contributed by atoms with Crippen LogP contribution in [0.2, 0.25) is 0 Å². The second kappa shape index (κ2) is 6.13. The third-order valence-corrected chi connectivity index (χ3v) is 3.47. The molecule has 1 unspecified atom stereocenters. The van der Waals surface area contributed by atoms with Crippen LogP contribution in [-0.4, -0.2) is 16.0 Å². The first kappa shape index (κ1) is 14.6. The summed E-state index contributed by atoms with van der Waals surface area (Å²) < 4.78 is 18.5. The molecule has 0 saturated heterocycles. The van der Waals surface area contributed by atoms with Crippen molar-refractivity contribution in [3.63, 3.8) is 0 Å². The maximum Gasteiger partial charge on any atom is 0.253 e. The SMILES string of the molecule is CC(C)C(NC(=O)c1cc(F)ccc1Br)c1ncon1. The van der Waals surface area contributed by atoms with Gasteiger partial charge in [0.25, 0.3) is 5.91 Å². The minimum atomic E-state index is -0.473. The number of hydrogen-bond acceptors (Lipinski definition) is 4. The predicted octanol–water partition coefficient (Wildman–Crippen LogP) is 3.10. The second-order valence-electron chi connectivity index (χ2n) is 4.61.